The van der Waals surface area contributed by atoms with Gasteiger partial charge in [-0.05, 0) is 12.8 Å². The smallest absolute Gasteiger partial charge is 0.364 e. The topological polar surface area (TPSA) is 63.4 Å². The molecule has 0 aromatic heterocycles. The Hall–Kier alpha value is -1.34. The van der Waals surface area contributed by atoms with Crippen molar-refractivity contribution in [1.29, 1.82) is 0 Å². The third-order valence-corrected chi connectivity index (χ3v) is 2.82. The van der Waals surface area contributed by atoms with Crippen LogP contribution in [0.25, 0.3) is 0 Å². The minimum atomic E-state index is -5.19. The first-order chi connectivity index (χ1) is 9.12. The number of hydrogen-bond donors (Lipinski definition) is 1. The zero-order chi connectivity index (χ0) is 16.0. The van der Waals surface area contributed by atoms with Crippen molar-refractivity contribution < 1.29 is 27.2 Å². The van der Waals surface area contributed by atoms with E-state index in [4.69, 9.17) is 0 Å². The largest absolute Gasteiger partial charge is 0.395 e. The molecule has 0 fully saturated rings. The van der Waals surface area contributed by atoms with Crippen LogP contribution in [0.1, 0.15) is 39.5 Å². The lowest BCUT2D eigenvalue weighted by atomic mass is 10.1. The van der Waals surface area contributed by atoms with Gasteiger partial charge in [0.25, 0.3) is 11.8 Å². The summed E-state index contributed by atoms with van der Waals surface area (Å²) >= 11 is 0. The number of carbonyl (C=O) groups is 2. The van der Waals surface area contributed by atoms with Gasteiger partial charge in [-0.2, -0.15) is 17.6 Å². The van der Waals surface area contributed by atoms with Crippen LogP contribution in [0.2, 0.25) is 0 Å². The molecular formula is C12H20F4N2O2. The lowest BCUT2D eigenvalue weighted by molar-refractivity contribution is -0.216. The van der Waals surface area contributed by atoms with E-state index in [9.17, 15) is 27.2 Å². The summed E-state index contributed by atoms with van der Waals surface area (Å²) < 4.78 is 53.2. The van der Waals surface area contributed by atoms with Crippen LogP contribution in [-0.2, 0) is 9.59 Å². The van der Waals surface area contributed by atoms with E-state index in [0.29, 0.717) is 30.6 Å². The van der Waals surface area contributed by atoms with Crippen molar-refractivity contribution in [2.75, 3.05) is 13.1 Å². The standard InChI is InChI=1S/C12H20F4N2O2/c1-3-5-7-18(8-6-4-2)10(20)12(15,16)11(13,14)9(17)19/h3-8H2,1-2H3,(H2,17,19). The maximum Gasteiger partial charge on any atom is 0.395 e. The SMILES string of the molecule is CCCCN(CCCC)C(=O)C(F)(F)C(F)(F)C(N)=O. The molecule has 118 valence electrons. The van der Waals surface area contributed by atoms with E-state index < -0.39 is 23.7 Å². The van der Waals surface area contributed by atoms with Crippen molar-refractivity contribution >= 4 is 11.8 Å². The number of unbranched alkanes of at least 4 members (excludes halogenated alkanes) is 2. The Balaban J connectivity index is 5.15. The molecule has 0 aliphatic carbocycles. The van der Waals surface area contributed by atoms with Crippen LogP contribution in [-0.4, -0.2) is 41.6 Å². The second-order valence-corrected chi connectivity index (χ2v) is 4.51. The quantitative estimate of drug-likeness (QED) is 0.663. The molecule has 2 N–H and O–H groups in total. The molecule has 0 aromatic carbocycles. The third kappa shape index (κ3) is 4.08. The molecule has 20 heavy (non-hydrogen) atoms. The fourth-order valence-electron chi connectivity index (χ4n) is 1.50. The average molecular weight is 300 g/mol. The summed E-state index contributed by atoms with van der Waals surface area (Å²) in [5, 5.41) is 0. The number of amides is 2. The number of rotatable bonds is 9. The lowest BCUT2D eigenvalue weighted by Gasteiger charge is -2.29. The molecule has 4 nitrogen and oxygen atoms in total. The summed E-state index contributed by atoms with van der Waals surface area (Å²) in [7, 11) is 0. The number of nitrogens with two attached hydrogens (primary N) is 1. The summed E-state index contributed by atoms with van der Waals surface area (Å²) in [6.07, 6.45) is 2.06. The highest BCUT2D eigenvalue weighted by atomic mass is 19.3. The molecule has 0 bridgehead atoms. The Labute approximate surface area is 115 Å². The molecule has 0 radical (unpaired) electrons. The van der Waals surface area contributed by atoms with Gasteiger partial charge in [0.2, 0.25) is 0 Å². The van der Waals surface area contributed by atoms with E-state index in [0.717, 1.165) is 0 Å². The number of carbonyl (C=O) groups excluding carboxylic acids is 2. The van der Waals surface area contributed by atoms with Crippen LogP contribution in [0.3, 0.4) is 0 Å². The van der Waals surface area contributed by atoms with Crippen molar-refractivity contribution in [3.63, 3.8) is 0 Å². The highest BCUT2D eigenvalue weighted by Crippen LogP contribution is 2.35. The summed E-state index contributed by atoms with van der Waals surface area (Å²) in [5.74, 6) is -14.9. The van der Waals surface area contributed by atoms with Crippen LogP contribution in [0.4, 0.5) is 17.6 Å². The van der Waals surface area contributed by atoms with Gasteiger partial charge >= 0.3 is 11.8 Å². The van der Waals surface area contributed by atoms with E-state index >= 15 is 0 Å². The lowest BCUT2D eigenvalue weighted by Crippen LogP contribution is -2.59. The van der Waals surface area contributed by atoms with Gasteiger partial charge in [0.15, 0.2) is 0 Å². The molecule has 0 aliphatic rings. The van der Waals surface area contributed by atoms with Crippen molar-refractivity contribution in [1.82, 2.24) is 4.90 Å². The van der Waals surface area contributed by atoms with Gasteiger partial charge in [-0.3, -0.25) is 9.59 Å². The number of alkyl halides is 4. The van der Waals surface area contributed by atoms with Gasteiger partial charge in [0, 0.05) is 13.1 Å². The second kappa shape index (κ2) is 7.44. The first-order valence-corrected chi connectivity index (χ1v) is 6.47. The maximum atomic E-state index is 13.5. The fourth-order valence-corrected chi connectivity index (χ4v) is 1.50. The van der Waals surface area contributed by atoms with Gasteiger partial charge < -0.3 is 10.6 Å². The fraction of sp³-hybridized carbons (Fsp3) is 0.833. The molecule has 0 aliphatic heterocycles. The van der Waals surface area contributed by atoms with E-state index in [1.54, 1.807) is 13.8 Å². The number of halogens is 4. The van der Waals surface area contributed by atoms with Gasteiger partial charge in [-0.1, -0.05) is 26.7 Å². The molecule has 0 spiro atoms. The van der Waals surface area contributed by atoms with E-state index in [2.05, 4.69) is 5.73 Å². The molecule has 2 amide bonds. The average Bonchev–Trinajstić information content (AvgIpc) is 2.37. The van der Waals surface area contributed by atoms with Crippen LogP contribution in [0.15, 0.2) is 0 Å². The zero-order valence-corrected chi connectivity index (χ0v) is 11.6. The first kappa shape index (κ1) is 18.7. The Morgan fingerprint density at radius 3 is 1.65 bits per heavy atom. The summed E-state index contributed by atoms with van der Waals surface area (Å²) in [4.78, 5) is 22.7. The summed E-state index contributed by atoms with van der Waals surface area (Å²) in [6, 6.07) is 0. The predicted octanol–water partition coefficient (Wildman–Crippen LogP) is 2.17. The van der Waals surface area contributed by atoms with Crippen LogP contribution in [0.5, 0.6) is 0 Å². The first-order valence-electron chi connectivity index (χ1n) is 6.47. The van der Waals surface area contributed by atoms with E-state index in [1.165, 1.54) is 0 Å². The molecular weight excluding hydrogens is 280 g/mol. The van der Waals surface area contributed by atoms with Gasteiger partial charge in [-0.25, -0.2) is 0 Å². The van der Waals surface area contributed by atoms with Gasteiger partial charge in [0.05, 0.1) is 0 Å². The Morgan fingerprint density at radius 1 is 0.950 bits per heavy atom. The number of nitrogens with zero attached hydrogens (tertiary/aromatic N) is 1. The van der Waals surface area contributed by atoms with E-state index in [-0.39, 0.29) is 13.1 Å². The highest BCUT2D eigenvalue weighted by molar-refractivity contribution is 5.94. The predicted molar refractivity (Wildman–Crippen MR) is 65.5 cm³/mol. The van der Waals surface area contributed by atoms with Gasteiger partial charge in [-0.15, -0.1) is 0 Å². The summed E-state index contributed by atoms with van der Waals surface area (Å²) in [6.45, 7) is 3.44. The molecule has 0 atom stereocenters. The Morgan fingerprint density at radius 2 is 1.35 bits per heavy atom. The Bertz CT molecular complexity index is 340. The number of primary amides is 1. The monoisotopic (exact) mass is 300 g/mol. The van der Waals surface area contributed by atoms with Crippen LogP contribution in [0, 0.1) is 0 Å². The summed E-state index contributed by atoms with van der Waals surface area (Å²) in [5.41, 5.74) is 4.25. The Kier molecular flexibility index (Phi) is 6.95. The molecule has 0 heterocycles. The van der Waals surface area contributed by atoms with Crippen molar-refractivity contribution in [2.24, 2.45) is 5.73 Å². The molecule has 0 unspecified atom stereocenters. The third-order valence-electron chi connectivity index (χ3n) is 2.82. The van der Waals surface area contributed by atoms with Crippen LogP contribution < -0.4 is 5.73 Å². The van der Waals surface area contributed by atoms with Gasteiger partial charge in [0.1, 0.15) is 0 Å². The zero-order valence-electron chi connectivity index (χ0n) is 11.6. The minimum Gasteiger partial charge on any atom is -0.364 e. The second-order valence-electron chi connectivity index (χ2n) is 4.51. The molecule has 0 saturated heterocycles. The van der Waals surface area contributed by atoms with E-state index in [1.807, 2.05) is 0 Å². The minimum absolute atomic E-state index is 0.0558. The van der Waals surface area contributed by atoms with Crippen molar-refractivity contribution in [2.45, 2.75) is 51.4 Å². The molecule has 0 rings (SSSR count). The normalized spacial score (nSPS) is 12.3. The van der Waals surface area contributed by atoms with Crippen molar-refractivity contribution in [3.8, 4) is 0 Å². The maximum absolute atomic E-state index is 13.5. The highest BCUT2D eigenvalue weighted by Gasteiger charge is 2.67. The van der Waals surface area contributed by atoms with Crippen molar-refractivity contribution in [3.05, 3.63) is 0 Å². The molecule has 0 aromatic rings. The number of hydrogen-bond acceptors (Lipinski definition) is 2. The van der Waals surface area contributed by atoms with Crippen LogP contribution >= 0.6 is 0 Å². The molecule has 0 saturated carbocycles. The molecule has 8 heteroatoms.